The van der Waals surface area contributed by atoms with E-state index in [-0.39, 0.29) is 5.41 Å². The predicted octanol–water partition coefficient (Wildman–Crippen LogP) is 4.69. The topological polar surface area (TPSA) is 32.9 Å². The van der Waals surface area contributed by atoms with Gasteiger partial charge in [0.1, 0.15) is 0 Å². The second-order valence-electron chi connectivity index (χ2n) is 5.49. The largest absolute Gasteiger partial charge is 0.360 e. The highest BCUT2D eigenvalue weighted by molar-refractivity contribution is 9.10. The molecule has 0 atom stereocenters. The van der Waals surface area contributed by atoms with Crippen LogP contribution in [0.5, 0.6) is 0 Å². The molecule has 94 valence electrons. The first-order chi connectivity index (χ1) is 8.60. The van der Waals surface area contributed by atoms with E-state index in [9.17, 15) is 4.79 Å². The molecule has 3 heteroatoms. The zero-order valence-corrected chi connectivity index (χ0v) is 12.0. The molecule has 0 unspecified atom stereocenters. The lowest BCUT2D eigenvalue weighted by Crippen LogP contribution is -2.24. The summed E-state index contributed by atoms with van der Waals surface area (Å²) in [6, 6.07) is 6.02. The van der Waals surface area contributed by atoms with Gasteiger partial charge in [0, 0.05) is 32.6 Å². The number of fused-ring (bicyclic) bond motifs is 1. The van der Waals surface area contributed by atoms with E-state index in [1.54, 1.807) is 0 Å². The highest BCUT2D eigenvalue weighted by Gasteiger charge is 2.37. The normalized spacial score (nSPS) is 18.3. The molecule has 0 bridgehead atoms. The zero-order chi connectivity index (χ0) is 12.8. The van der Waals surface area contributed by atoms with Gasteiger partial charge < -0.3 is 4.98 Å². The van der Waals surface area contributed by atoms with Gasteiger partial charge in [-0.15, -0.1) is 0 Å². The fraction of sp³-hybridized carbons (Fsp3) is 0.400. The molecule has 1 aliphatic carbocycles. The predicted molar refractivity (Wildman–Crippen MR) is 76.9 cm³/mol. The molecule has 0 aliphatic heterocycles. The summed E-state index contributed by atoms with van der Waals surface area (Å²) in [6.45, 7) is 2.11. The average molecular weight is 306 g/mol. The Kier molecular flexibility index (Phi) is 2.81. The minimum atomic E-state index is -0.155. The monoisotopic (exact) mass is 305 g/mol. The Morgan fingerprint density at radius 1 is 1.33 bits per heavy atom. The van der Waals surface area contributed by atoms with Gasteiger partial charge in [-0.3, -0.25) is 4.79 Å². The third kappa shape index (κ3) is 1.81. The quantitative estimate of drug-likeness (QED) is 0.802. The van der Waals surface area contributed by atoms with Crippen LogP contribution in [0.2, 0.25) is 0 Å². The number of ketones is 1. The molecular formula is C15H16BrNO. The van der Waals surface area contributed by atoms with E-state index in [0.717, 1.165) is 33.8 Å². The van der Waals surface area contributed by atoms with E-state index in [4.69, 9.17) is 0 Å². The summed E-state index contributed by atoms with van der Waals surface area (Å²) in [6.07, 6.45) is 6.25. The number of H-pyrrole nitrogens is 1. The summed E-state index contributed by atoms with van der Waals surface area (Å²) in [5, 5.41) is 1.03. The minimum Gasteiger partial charge on any atom is -0.360 e. The van der Waals surface area contributed by atoms with Gasteiger partial charge in [0.05, 0.1) is 0 Å². The van der Waals surface area contributed by atoms with Gasteiger partial charge in [-0.2, -0.15) is 0 Å². The van der Waals surface area contributed by atoms with Crippen LogP contribution in [-0.2, 0) is 0 Å². The van der Waals surface area contributed by atoms with Crippen LogP contribution in [0.4, 0.5) is 0 Å². The van der Waals surface area contributed by atoms with Crippen LogP contribution < -0.4 is 0 Å². The van der Waals surface area contributed by atoms with Crippen molar-refractivity contribution in [2.75, 3.05) is 0 Å². The van der Waals surface area contributed by atoms with Gasteiger partial charge in [-0.1, -0.05) is 35.7 Å². The minimum absolute atomic E-state index is 0.155. The number of hydrogen-bond donors (Lipinski definition) is 1. The highest BCUT2D eigenvalue weighted by Crippen LogP contribution is 2.41. The number of rotatable bonds is 2. The number of benzene rings is 1. The summed E-state index contributed by atoms with van der Waals surface area (Å²) in [4.78, 5) is 15.9. The Morgan fingerprint density at radius 3 is 2.78 bits per heavy atom. The van der Waals surface area contributed by atoms with Gasteiger partial charge in [-0.25, -0.2) is 0 Å². The Morgan fingerprint density at radius 2 is 2.06 bits per heavy atom. The standard InChI is InChI=1S/C15H16BrNO/c1-15(6-2-3-7-15)14(18)12-9-17-13-5-4-10(16)8-11(12)13/h4-5,8-9,17H,2-3,6-7H2,1H3. The molecule has 0 saturated heterocycles. The average Bonchev–Trinajstić information content (AvgIpc) is 2.95. The Bertz CT molecular complexity index is 608. The molecule has 2 aromatic rings. The van der Waals surface area contributed by atoms with Crippen molar-refractivity contribution in [1.29, 1.82) is 0 Å². The molecule has 1 aromatic carbocycles. The number of carbonyl (C=O) groups excluding carboxylic acids is 1. The Hall–Kier alpha value is -1.09. The summed E-state index contributed by atoms with van der Waals surface area (Å²) in [7, 11) is 0. The molecule has 1 saturated carbocycles. The summed E-state index contributed by atoms with van der Waals surface area (Å²) < 4.78 is 1.01. The number of carbonyl (C=O) groups is 1. The molecule has 0 radical (unpaired) electrons. The maximum Gasteiger partial charge on any atom is 0.170 e. The number of Topliss-reactive ketones (excluding diaryl/α,β-unsaturated/α-hetero) is 1. The lowest BCUT2D eigenvalue weighted by atomic mass is 9.81. The van der Waals surface area contributed by atoms with Gasteiger partial charge in [0.2, 0.25) is 0 Å². The molecular weight excluding hydrogens is 290 g/mol. The van der Waals surface area contributed by atoms with Gasteiger partial charge in [0.15, 0.2) is 5.78 Å². The molecule has 1 N–H and O–H groups in total. The van der Waals surface area contributed by atoms with E-state index >= 15 is 0 Å². The molecule has 0 spiro atoms. The maximum absolute atomic E-state index is 12.7. The van der Waals surface area contributed by atoms with Crippen molar-refractivity contribution in [1.82, 2.24) is 4.98 Å². The van der Waals surface area contributed by atoms with Crippen LogP contribution in [0.15, 0.2) is 28.9 Å². The Labute approximate surface area is 115 Å². The fourth-order valence-corrected chi connectivity index (χ4v) is 3.35. The number of hydrogen-bond acceptors (Lipinski definition) is 1. The van der Waals surface area contributed by atoms with E-state index in [0.29, 0.717) is 5.78 Å². The van der Waals surface area contributed by atoms with E-state index in [1.807, 2.05) is 24.4 Å². The maximum atomic E-state index is 12.7. The number of nitrogens with one attached hydrogen (secondary N) is 1. The molecule has 1 aromatic heterocycles. The second-order valence-corrected chi connectivity index (χ2v) is 6.40. The number of halogens is 1. The first kappa shape index (κ1) is 12.0. The van der Waals surface area contributed by atoms with Crippen LogP contribution in [0.25, 0.3) is 10.9 Å². The SMILES string of the molecule is CC1(C(=O)c2c[nH]c3ccc(Br)cc23)CCCC1. The van der Waals surface area contributed by atoms with Gasteiger partial charge in [0.25, 0.3) is 0 Å². The molecule has 2 nitrogen and oxygen atoms in total. The van der Waals surface area contributed by atoms with Crippen molar-refractivity contribution in [2.24, 2.45) is 5.41 Å². The molecule has 1 heterocycles. The van der Waals surface area contributed by atoms with Crippen LogP contribution in [0.3, 0.4) is 0 Å². The number of aromatic nitrogens is 1. The van der Waals surface area contributed by atoms with Crippen LogP contribution in [-0.4, -0.2) is 10.8 Å². The van der Waals surface area contributed by atoms with Crippen molar-refractivity contribution >= 4 is 32.6 Å². The molecule has 1 fully saturated rings. The first-order valence-corrected chi connectivity index (χ1v) is 7.21. The van der Waals surface area contributed by atoms with Gasteiger partial charge >= 0.3 is 0 Å². The van der Waals surface area contributed by atoms with E-state index in [1.165, 1.54) is 12.8 Å². The van der Waals surface area contributed by atoms with Crippen molar-refractivity contribution in [3.05, 3.63) is 34.4 Å². The molecule has 0 amide bonds. The summed E-state index contributed by atoms with van der Waals surface area (Å²) >= 11 is 3.47. The first-order valence-electron chi connectivity index (χ1n) is 6.42. The summed E-state index contributed by atoms with van der Waals surface area (Å²) in [5.74, 6) is 0.296. The van der Waals surface area contributed by atoms with Crippen LogP contribution in [0, 0.1) is 5.41 Å². The smallest absolute Gasteiger partial charge is 0.170 e. The molecule has 1 aliphatic rings. The van der Waals surface area contributed by atoms with Gasteiger partial charge in [-0.05, 0) is 31.0 Å². The summed E-state index contributed by atoms with van der Waals surface area (Å²) in [5.41, 5.74) is 1.72. The van der Waals surface area contributed by atoms with Crippen LogP contribution in [0.1, 0.15) is 43.0 Å². The lowest BCUT2D eigenvalue weighted by Gasteiger charge is -2.21. The van der Waals surface area contributed by atoms with Crippen molar-refractivity contribution in [2.45, 2.75) is 32.6 Å². The Balaban J connectivity index is 2.09. The highest BCUT2D eigenvalue weighted by atomic mass is 79.9. The lowest BCUT2D eigenvalue weighted by molar-refractivity contribution is 0.0825. The zero-order valence-electron chi connectivity index (χ0n) is 10.4. The molecule has 3 rings (SSSR count). The number of aromatic amines is 1. The van der Waals surface area contributed by atoms with E-state index < -0.39 is 0 Å². The second kappa shape index (κ2) is 4.23. The molecule has 18 heavy (non-hydrogen) atoms. The van der Waals surface area contributed by atoms with Crippen molar-refractivity contribution in [3.8, 4) is 0 Å². The van der Waals surface area contributed by atoms with Crippen molar-refractivity contribution in [3.63, 3.8) is 0 Å². The fourth-order valence-electron chi connectivity index (χ4n) is 2.99. The van der Waals surface area contributed by atoms with Crippen molar-refractivity contribution < 1.29 is 4.79 Å². The van der Waals surface area contributed by atoms with E-state index in [2.05, 4.69) is 27.8 Å². The third-order valence-electron chi connectivity index (χ3n) is 4.14. The van der Waals surface area contributed by atoms with Crippen LogP contribution >= 0.6 is 15.9 Å². The third-order valence-corrected chi connectivity index (χ3v) is 4.64.